The van der Waals surface area contributed by atoms with Crippen molar-refractivity contribution >= 4 is 35.4 Å². The van der Waals surface area contributed by atoms with E-state index in [1.807, 2.05) is 24.3 Å². The standard InChI is InChI=1S/C25H36N8O4/c1-15(2)16-8-10-17(11-9-16)28-22-20(21(26)35)31-32-23(30-22)29-18-7-6-12-33(14-18)19(34)13-27-24(36)37-25(3,4)5/h8-11,15,18H,6-7,12-14H2,1-5H3,(H2,26,35)(H,27,36)(H2,28,29,30,32). The maximum Gasteiger partial charge on any atom is 0.408 e. The minimum absolute atomic E-state index is 0.0767. The van der Waals surface area contributed by atoms with Crippen LogP contribution in [0.4, 0.5) is 22.2 Å². The number of hydrogen-bond donors (Lipinski definition) is 4. The van der Waals surface area contributed by atoms with Crippen LogP contribution in [0.5, 0.6) is 0 Å². The molecule has 0 spiro atoms. The molecule has 1 aromatic heterocycles. The maximum atomic E-state index is 12.6. The van der Waals surface area contributed by atoms with Gasteiger partial charge in [0, 0.05) is 24.8 Å². The number of nitrogens with zero attached hydrogens (tertiary/aromatic N) is 4. The first-order chi connectivity index (χ1) is 17.4. The van der Waals surface area contributed by atoms with Gasteiger partial charge in [0.25, 0.3) is 5.91 Å². The van der Waals surface area contributed by atoms with Crippen molar-refractivity contribution in [1.82, 2.24) is 25.4 Å². The van der Waals surface area contributed by atoms with Gasteiger partial charge in [-0.2, -0.15) is 4.98 Å². The Bertz CT molecular complexity index is 1110. The third-order valence-corrected chi connectivity index (χ3v) is 5.65. The molecule has 0 radical (unpaired) electrons. The summed E-state index contributed by atoms with van der Waals surface area (Å²) in [6, 6.07) is 7.64. The summed E-state index contributed by atoms with van der Waals surface area (Å²) in [5.74, 6) is -0.181. The SMILES string of the molecule is CC(C)c1ccc(Nc2nc(NC3CCCN(C(=O)CNC(=O)OC(C)(C)C)C3)nnc2C(N)=O)cc1. The van der Waals surface area contributed by atoms with Gasteiger partial charge < -0.3 is 31.3 Å². The van der Waals surface area contributed by atoms with Gasteiger partial charge in [-0.05, 0) is 57.2 Å². The molecule has 3 amide bonds. The highest BCUT2D eigenvalue weighted by Gasteiger charge is 2.26. The van der Waals surface area contributed by atoms with Crippen LogP contribution in [-0.2, 0) is 9.53 Å². The van der Waals surface area contributed by atoms with E-state index in [0.29, 0.717) is 19.0 Å². The quantitative estimate of drug-likeness (QED) is 0.416. The molecule has 1 saturated heterocycles. The van der Waals surface area contributed by atoms with Crippen LogP contribution in [0.25, 0.3) is 0 Å². The molecule has 3 rings (SSSR count). The molecule has 1 aliphatic heterocycles. The number of rotatable bonds is 8. The Morgan fingerprint density at radius 2 is 1.86 bits per heavy atom. The van der Waals surface area contributed by atoms with Crippen molar-refractivity contribution in [3.8, 4) is 0 Å². The summed E-state index contributed by atoms with van der Waals surface area (Å²) in [6.07, 6.45) is 0.903. The van der Waals surface area contributed by atoms with Crippen LogP contribution in [0.1, 0.15) is 69.4 Å². The van der Waals surface area contributed by atoms with Crippen molar-refractivity contribution < 1.29 is 19.1 Å². The van der Waals surface area contributed by atoms with E-state index in [0.717, 1.165) is 18.5 Å². The van der Waals surface area contributed by atoms with Crippen LogP contribution < -0.4 is 21.7 Å². The lowest BCUT2D eigenvalue weighted by molar-refractivity contribution is -0.131. The monoisotopic (exact) mass is 512 g/mol. The van der Waals surface area contributed by atoms with Crippen molar-refractivity contribution in [2.75, 3.05) is 30.3 Å². The molecule has 5 N–H and O–H groups in total. The third kappa shape index (κ3) is 8.29. The zero-order valence-corrected chi connectivity index (χ0v) is 22.0. The molecule has 12 heteroatoms. The number of nitrogens with two attached hydrogens (primary N) is 1. The highest BCUT2D eigenvalue weighted by atomic mass is 16.6. The van der Waals surface area contributed by atoms with Crippen LogP contribution >= 0.6 is 0 Å². The number of amides is 3. The summed E-state index contributed by atoms with van der Waals surface area (Å²) in [5, 5.41) is 16.8. The van der Waals surface area contributed by atoms with E-state index in [-0.39, 0.29) is 36.0 Å². The fourth-order valence-corrected chi connectivity index (χ4v) is 3.81. The van der Waals surface area contributed by atoms with Gasteiger partial charge in [0.05, 0.1) is 0 Å². The molecule has 0 bridgehead atoms. The van der Waals surface area contributed by atoms with Gasteiger partial charge in [0.1, 0.15) is 12.1 Å². The predicted molar refractivity (Wildman–Crippen MR) is 140 cm³/mol. The molecular weight excluding hydrogens is 476 g/mol. The van der Waals surface area contributed by atoms with Gasteiger partial charge in [-0.25, -0.2) is 4.79 Å². The van der Waals surface area contributed by atoms with Crippen LogP contribution in [0, 0.1) is 0 Å². The number of benzene rings is 1. The van der Waals surface area contributed by atoms with E-state index in [4.69, 9.17) is 10.5 Å². The van der Waals surface area contributed by atoms with Crippen molar-refractivity contribution in [2.45, 2.75) is 65.0 Å². The highest BCUT2D eigenvalue weighted by Crippen LogP contribution is 2.22. The Morgan fingerprint density at radius 3 is 2.49 bits per heavy atom. The second-order valence-electron chi connectivity index (χ2n) is 10.3. The molecule has 0 aliphatic carbocycles. The number of carbonyl (C=O) groups excluding carboxylic acids is 3. The molecule has 1 aromatic carbocycles. The first-order valence-corrected chi connectivity index (χ1v) is 12.3. The second kappa shape index (κ2) is 11.8. The molecular formula is C25H36N8O4. The van der Waals surface area contributed by atoms with Crippen LogP contribution in [0.3, 0.4) is 0 Å². The minimum Gasteiger partial charge on any atom is -0.444 e. The number of aromatic nitrogens is 3. The molecule has 1 unspecified atom stereocenters. The zero-order valence-electron chi connectivity index (χ0n) is 22.0. The van der Waals surface area contributed by atoms with E-state index >= 15 is 0 Å². The van der Waals surface area contributed by atoms with Gasteiger partial charge >= 0.3 is 6.09 Å². The van der Waals surface area contributed by atoms with E-state index in [2.05, 4.69) is 45.0 Å². The van der Waals surface area contributed by atoms with Crippen molar-refractivity contribution in [3.05, 3.63) is 35.5 Å². The van der Waals surface area contributed by atoms with Gasteiger partial charge in [-0.1, -0.05) is 26.0 Å². The van der Waals surface area contributed by atoms with Crippen LogP contribution in [0.15, 0.2) is 24.3 Å². The maximum absolute atomic E-state index is 12.6. The fourth-order valence-electron chi connectivity index (χ4n) is 3.81. The molecule has 0 saturated carbocycles. The zero-order chi connectivity index (χ0) is 27.2. The summed E-state index contributed by atoms with van der Waals surface area (Å²) in [7, 11) is 0. The topological polar surface area (TPSA) is 164 Å². The second-order valence-corrected chi connectivity index (χ2v) is 10.3. The largest absolute Gasteiger partial charge is 0.444 e. The molecule has 1 atom stereocenters. The Morgan fingerprint density at radius 1 is 1.16 bits per heavy atom. The number of anilines is 3. The summed E-state index contributed by atoms with van der Waals surface area (Å²) in [4.78, 5) is 42.5. The van der Waals surface area contributed by atoms with Crippen molar-refractivity contribution in [1.29, 1.82) is 0 Å². The summed E-state index contributed by atoms with van der Waals surface area (Å²) in [6.45, 7) is 10.3. The highest BCUT2D eigenvalue weighted by molar-refractivity contribution is 5.96. The Kier molecular flexibility index (Phi) is 8.85. The summed E-state index contributed by atoms with van der Waals surface area (Å²) >= 11 is 0. The predicted octanol–water partition coefficient (Wildman–Crippen LogP) is 2.77. The fraction of sp³-hybridized carbons (Fsp3) is 0.520. The molecule has 1 fully saturated rings. The summed E-state index contributed by atoms with van der Waals surface area (Å²) in [5.41, 5.74) is 6.67. The number of alkyl carbamates (subject to hydrolysis) is 1. The first kappa shape index (κ1) is 27.6. The van der Waals surface area contributed by atoms with Crippen molar-refractivity contribution in [2.24, 2.45) is 5.73 Å². The molecule has 1 aliphatic rings. The molecule has 37 heavy (non-hydrogen) atoms. The van der Waals surface area contributed by atoms with E-state index in [9.17, 15) is 14.4 Å². The van der Waals surface area contributed by atoms with Gasteiger partial charge in [-0.15, -0.1) is 10.2 Å². The number of likely N-dealkylation sites (tertiary alicyclic amines) is 1. The van der Waals surface area contributed by atoms with Crippen LogP contribution in [-0.4, -0.2) is 69.3 Å². The number of carbonyl (C=O) groups is 3. The third-order valence-electron chi connectivity index (χ3n) is 5.65. The molecule has 2 heterocycles. The van der Waals surface area contributed by atoms with Crippen LogP contribution in [0.2, 0.25) is 0 Å². The van der Waals surface area contributed by atoms with Gasteiger partial charge in [0.2, 0.25) is 11.9 Å². The normalized spacial score (nSPS) is 15.7. The van der Waals surface area contributed by atoms with E-state index < -0.39 is 17.6 Å². The smallest absolute Gasteiger partial charge is 0.408 e. The Hall–Kier alpha value is -3.96. The van der Waals surface area contributed by atoms with Gasteiger partial charge in [0.15, 0.2) is 11.5 Å². The lowest BCUT2D eigenvalue weighted by Gasteiger charge is -2.33. The number of piperidine rings is 1. The summed E-state index contributed by atoms with van der Waals surface area (Å²) < 4.78 is 5.18. The molecule has 2 aromatic rings. The lowest BCUT2D eigenvalue weighted by Crippen LogP contribution is -2.49. The van der Waals surface area contributed by atoms with Crippen molar-refractivity contribution in [3.63, 3.8) is 0 Å². The van der Waals surface area contributed by atoms with E-state index in [1.165, 1.54) is 5.56 Å². The minimum atomic E-state index is -0.750. The van der Waals surface area contributed by atoms with E-state index in [1.54, 1.807) is 25.7 Å². The molecule has 12 nitrogen and oxygen atoms in total. The number of hydrogen-bond acceptors (Lipinski definition) is 9. The van der Waals surface area contributed by atoms with Gasteiger partial charge in [-0.3, -0.25) is 9.59 Å². The average Bonchev–Trinajstić information content (AvgIpc) is 2.82. The lowest BCUT2D eigenvalue weighted by atomic mass is 10.0. The number of ether oxygens (including phenoxy) is 1. The number of primary amides is 1. The molecule has 200 valence electrons. The average molecular weight is 513 g/mol. The number of nitrogens with one attached hydrogen (secondary N) is 3. The Labute approximate surface area is 216 Å². The Balaban J connectivity index is 1.64. The first-order valence-electron chi connectivity index (χ1n) is 12.3.